The lowest BCUT2D eigenvalue weighted by Crippen LogP contribution is -2.55. The molecule has 2 N–H and O–H groups in total. The van der Waals surface area contributed by atoms with Gasteiger partial charge in [0.15, 0.2) is 0 Å². The normalized spacial score (nSPS) is 23.2. The van der Waals surface area contributed by atoms with E-state index in [0.29, 0.717) is 6.61 Å². The van der Waals surface area contributed by atoms with Crippen LogP contribution in [0.4, 0.5) is 0 Å². The fraction of sp³-hybridized carbons (Fsp3) is 0.600. The fourth-order valence-electron chi connectivity index (χ4n) is 3.16. The predicted octanol–water partition coefficient (Wildman–Crippen LogP) is 2.09. The Morgan fingerprint density at radius 2 is 2.11 bits per heavy atom. The first-order valence-corrected chi connectivity index (χ1v) is 6.77. The van der Waals surface area contributed by atoms with Crippen LogP contribution in [0.5, 0.6) is 5.75 Å². The Morgan fingerprint density at radius 3 is 2.61 bits per heavy atom. The molecular weight excluding hydrogens is 226 g/mol. The van der Waals surface area contributed by atoms with Crippen LogP contribution in [-0.4, -0.2) is 26.4 Å². The largest absolute Gasteiger partial charge is 0.494 e. The Bertz CT molecular complexity index is 436. The SMILES string of the molecule is CCOc1cccc(C2(C3(CN)CC3)COC2)c1. The highest BCUT2D eigenvalue weighted by molar-refractivity contribution is 5.39. The van der Waals surface area contributed by atoms with Crippen molar-refractivity contribution in [3.8, 4) is 5.75 Å². The molecule has 1 aliphatic carbocycles. The minimum atomic E-state index is 0.134. The van der Waals surface area contributed by atoms with Crippen molar-refractivity contribution in [2.45, 2.75) is 25.2 Å². The van der Waals surface area contributed by atoms with Gasteiger partial charge in [-0.2, -0.15) is 0 Å². The van der Waals surface area contributed by atoms with Crippen molar-refractivity contribution in [3.63, 3.8) is 0 Å². The third kappa shape index (κ3) is 1.57. The van der Waals surface area contributed by atoms with Crippen LogP contribution in [0, 0.1) is 5.41 Å². The Hall–Kier alpha value is -1.06. The summed E-state index contributed by atoms with van der Waals surface area (Å²) in [7, 11) is 0. The molecule has 0 unspecified atom stereocenters. The first kappa shape index (κ1) is 12.0. The van der Waals surface area contributed by atoms with Gasteiger partial charge in [-0.1, -0.05) is 12.1 Å². The monoisotopic (exact) mass is 247 g/mol. The Kier molecular flexibility index (Phi) is 2.83. The van der Waals surface area contributed by atoms with Gasteiger partial charge in [-0.05, 0) is 49.4 Å². The topological polar surface area (TPSA) is 44.5 Å². The maximum absolute atomic E-state index is 6.01. The third-order valence-corrected chi connectivity index (χ3v) is 4.65. The highest BCUT2D eigenvalue weighted by atomic mass is 16.5. The summed E-state index contributed by atoms with van der Waals surface area (Å²) < 4.78 is 11.1. The molecule has 1 aromatic rings. The van der Waals surface area contributed by atoms with Crippen molar-refractivity contribution < 1.29 is 9.47 Å². The van der Waals surface area contributed by atoms with Crippen LogP contribution in [0.2, 0.25) is 0 Å². The van der Waals surface area contributed by atoms with Crippen LogP contribution >= 0.6 is 0 Å². The average Bonchev–Trinajstić information content (AvgIpc) is 3.10. The van der Waals surface area contributed by atoms with Gasteiger partial charge < -0.3 is 15.2 Å². The van der Waals surface area contributed by atoms with Gasteiger partial charge in [0.25, 0.3) is 0 Å². The molecule has 1 saturated carbocycles. The van der Waals surface area contributed by atoms with Crippen LogP contribution < -0.4 is 10.5 Å². The Balaban J connectivity index is 1.94. The van der Waals surface area contributed by atoms with Crippen molar-refractivity contribution in [2.24, 2.45) is 11.1 Å². The molecule has 98 valence electrons. The predicted molar refractivity (Wildman–Crippen MR) is 70.8 cm³/mol. The number of nitrogens with two attached hydrogens (primary N) is 1. The average molecular weight is 247 g/mol. The molecule has 3 rings (SSSR count). The number of hydrogen-bond donors (Lipinski definition) is 1. The van der Waals surface area contributed by atoms with E-state index in [1.165, 1.54) is 18.4 Å². The summed E-state index contributed by atoms with van der Waals surface area (Å²) in [4.78, 5) is 0. The zero-order valence-corrected chi connectivity index (χ0v) is 10.9. The lowest BCUT2D eigenvalue weighted by molar-refractivity contribution is -0.0973. The summed E-state index contributed by atoms with van der Waals surface area (Å²) in [6, 6.07) is 8.46. The molecule has 0 atom stereocenters. The second-order valence-corrected chi connectivity index (χ2v) is 5.52. The minimum Gasteiger partial charge on any atom is -0.494 e. The van der Waals surface area contributed by atoms with Crippen molar-refractivity contribution in [1.29, 1.82) is 0 Å². The molecule has 0 aromatic heterocycles. The van der Waals surface area contributed by atoms with E-state index in [2.05, 4.69) is 18.2 Å². The van der Waals surface area contributed by atoms with Gasteiger partial charge in [0, 0.05) is 5.41 Å². The molecule has 1 heterocycles. The number of benzene rings is 1. The third-order valence-electron chi connectivity index (χ3n) is 4.65. The number of rotatable bonds is 5. The molecule has 3 heteroatoms. The lowest BCUT2D eigenvalue weighted by atomic mass is 9.66. The molecular formula is C15H21NO2. The van der Waals surface area contributed by atoms with Crippen molar-refractivity contribution in [2.75, 3.05) is 26.4 Å². The van der Waals surface area contributed by atoms with Crippen LogP contribution in [-0.2, 0) is 10.2 Å². The van der Waals surface area contributed by atoms with Gasteiger partial charge in [0.2, 0.25) is 0 Å². The summed E-state index contributed by atoms with van der Waals surface area (Å²) >= 11 is 0. The van der Waals surface area contributed by atoms with Crippen LogP contribution in [0.25, 0.3) is 0 Å². The first-order valence-electron chi connectivity index (χ1n) is 6.77. The van der Waals surface area contributed by atoms with Gasteiger partial charge in [0.1, 0.15) is 5.75 Å². The standard InChI is InChI=1S/C15H21NO2/c1-2-18-13-5-3-4-12(8-13)15(10-17-11-15)14(9-16)6-7-14/h3-5,8H,2,6-7,9-11,16H2,1H3. The lowest BCUT2D eigenvalue weighted by Gasteiger charge is -2.48. The Morgan fingerprint density at radius 1 is 1.33 bits per heavy atom. The molecule has 3 nitrogen and oxygen atoms in total. The van der Waals surface area contributed by atoms with Crippen LogP contribution in [0.3, 0.4) is 0 Å². The summed E-state index contributed by atoms with van der Waals surface area (Å²) in [5, 5.41) is 0. The van der Waals surface area contributed by atoms with E-state index in [1.807, 2.05) is 13.0 Å². The zero-order chi connectivity index (χ0) is 12.6. The van der Waals surface area contributed by atoms with Crippen LogP contribution in [0.1, 0.15) is 25.3 Å². The summed E-state index contributed by atoms with van der Waals surface area (Å²) in [5.74, 6) is 0.953. The maximum Gasteiger partial charge on any atom is 0.119 e. The number of hydrogen-bond acceptors (Lipinski definition) is 3. The molecule has 0 spiro atoms. The van der Waals surface area contributed by atoms with Crippen molar-refractivity contribution >= 4 is 0 Å². The summed E-state index contributed by atoms with van der Waals surface area (Å²) in [6.45, 7) is 5.08. The first-order chi connectivity index (χ1) is 8.76. The van der Waals surface area contributed by atoms with Gasteiger partial charge in [0.05, 0.1) is 19.8 Å². The quantitative estimate of drug-likeness (QED) is 0.866. The summed E-state index contributed by atoms with van der Waals surface area (Å²) in [6.07, 6.45) is 2.46. The van der Waals surface area contributed by atoms with Gasteiger partial charge in [-0.3, -0.25) is 0 Å². The fourth-order valence-corrected chi connectivity index (χ4v) is 3.16. The van der Waals surface area contributed by atoms with E-state index in [1.54, 1.807) is 0 Å². The van der Waals surface area contributed by atoms with E-state index in [0.717, 1.165) is 25.5 Å². The number of ether oxygens (including phenoxy) is 2. The molecule has 18 heavy (non-hydrogen) atoms. The van der Waals surface area contributed by atoms with E-state index >= 15 is 0 Å². The summed E-state index contributed by atoms with van der Waals surface area (Å²) in [5.41, 5.74) is 7.76. The molecule has 0 bridgehead atoms. The second kappa shape index (κ2) is 4.25. The molecule has 0 amide bonds. The molecule has 2 aliphatic rings. The van der Waals surface area contributed by atoms with E-state index < -0.39 is 0 Å². The van der Waals surface area contributed by atoms with Crippen LogP contribution in [0.15, 0.2) is 24.3 Å². The van der Waals surface area contributed by atoms with Gasteiger partial charge >= 0.3 is 0 Å². The smallest absolute Gasteiger partial charge is 0.119 e. The minimum absolute atomic E-state index is 0.134. The van der Waals surface area contributed by atoms with E-state index in [4.69, 9.17) is 15.2 Å². The molecule has 1 aromatic carbocycles. The van der Waals surface area contributed by atoms with Crippen molar-refractivity contribution in [3.05, 3.63) is 29.8 Å². The van der Waals surface area contributed by atoms with Crippen molar-refractivity contribution in [1.82, 2.24) is 0 Å². The van der Waals surface area contributed by atoms with Gasteiger partial charge in [-0.15, -0.1) is 0 Å². The zero-order valence-electron chi connectivity index (χ0n) is 10.9. The van der Waals surface area contributed by atoms with E-state index in [-0.39, 0.29) is 10.8 Å². The highest BCUT2D eigenvalue weighted by Gasteiger charge is 2.62. The molecule has 1 aliphatic heterocycles. The molecule has 1 saturated heterocycles. The molecule has 2 fully saturated rings. The van der Waals surface area contributed by atoms with E-state index in [9.17, 15) is 0 Å². The molecule has 0 radical (unpaired) electrons. The Labute approximate surface area is 108 Å². The van der Waals surface area contributed by atoms with Gasteiger partial charge in [-0.25, -0.2) is 0 Å². The second-order valence-electron chi connectivity index (χ2n) is 5.52. The maximum atomic E-state index is 6.01. The highest BCUT2D eigenvalue weighted by Crippen LogP contribution is 2.61.